The highest BCUT2D eigenvalue weighted by atomic mass is 16.5. The number of methoxy groups -OCH3 is 2. The minimum absolute atomic E-state index is 0.176. The molecule has 7 heteroatoms. The monoisotopic (exact) mass is 301 g/mol. The Labute approximate surface area is 126 Å². The number of hydrogen-bond acceptors (Lipinski definition) is 5. The number of aromatic amines is 1. The van der Waals surface area contributed by atoms with E-state index in [0.717, 1.165) is 5.56 Å². The Hall–Kier alpha value is -2.83. The minimum atomic E-state index is -0.374. The topological polar surface area (TPSA) is 93.3 Å². The van der Waals surface area contributed by atoms with Gasteiger partial charge >= 0.3 is 0 Å². The summed E-state index contributed by atoms with van der Waals surface area (Å²) in [5.74, 6) is 0.894. The van der Waals surface area contributed by atoms with E-state index >= 15 is 0 Å². The molecule has 0 spiro atoms. The molecule has 1 atom stereocenters. The molecule has 2 N–H and O–H groups in total. The summed E-state index contributed by atoms with van der Waals surface area (Å²) in [5, 5.41) is 2.63. The van der Waals surface area contributed by atoms with Crippen LogP contribution in [-0.2, 0) is 4.79 Å². The van der Waals surface area contributed by atoms with Crippen molar-refractivity contribution in [2.45, 2.75) is 12.3 Å². The first kappa shape index (κ1) is 14.1. The third kappa shape index (κ3) is 2.30. The van der Waals surface area contributed by atoms with Crippen molar-refractivity contribution in [3.05, 3.63) is 46.0 Å². The molecule has 2 aromatic rings. The van der Waals surface area contributed by atoms with E-state index in [-0.39, 0.29) is 23.8 Å². The number of fused-ring (bicyclic) bond motifs is 1. The fraction of sp³-hybridized carbons (Fsp3) is 0.267. The van der Waals surface area contributed by atoms with Crippen LogP contribution in [0.15, 0.2) is 29.3 Å². The van der Waals surface area contributed by atoms with Crippen molar-refractivity contribution in [3.63, 3.8) is 0 Å². The minimum Gasteiger partial charge on any atom is -0.493 e. The molecule has 0 saturated carbocycles. The van der Waals surface area contributed by atoms with Gasteiger partial charge in [0.15, 0.2) is 11.5 Å². The first-order valence-electron chi connectivity index (χ1n) is 6.73. The lowest BCUT2D eigenvalue weighted by atomic mass is 9.86. The van der Waals surface area contributed by atoms with Crippen molar-refractivity contribution in [2.24, 2.45) is 0 Å². The summed E-state index contributed by atoms with van der Waals surface area (Å²) in [5.41, 5.74) is 0.992. The van der Waals surface area contributed by atoms with Crippen molar-refractivity contribution in [3.8, 4) is 11.5 Å². The Balaban J connectivity index is 2.13. The molecule has 0 radical (unpaired) electrons. The summed E-state index contributed by atoms with van der Waals surface area (Å²) in [4.78, 5) is 30.6. The van der Waals surface area contributed by atoms with Crippen molar-refractivity contribution in [1.29, 1.82) is 0 Å². The lowest BCUT2D eigenvalue weighted by Crippen LogP contribution is -2.30. The van der Waals surface area contributed by atoms with Crippen LogP contribution in [0.2, 0.25) is 0 Å². The lowest BCUT2D eigenvalue weighted by Gasteiger charge is -2.24. The molecular weight excluding hydrogens is 286 g/mol. The van der Waals surface area contributed by atoms with Gasteiger partial charge in [-0.1, -0.05) is 6.07 Å². The maximum Gasteiger partial charge on any atom is 0.256 e. The Morgan fingerprint density at radius 1 is 1.18 bits per heavy atom. The van der Waals surface area contributed by atoms with Gasteiger partial charge in [-0.15, -0.1) is 0 Å². The molecule has 0 bridgehead atoms. The van der Waals surface area contributed by atoms with E-state index < -0.39 is 0 Å². The molecule has 0 aliphatic carbocycles. The summed E-state index contributed by atoms with van der Waals surface area (Å²) in [6.45, 7) is 0. The van der Waals surface area contributed by atoms with Gasteiger partial charge in [-0.25, -0.2) is 4.98 Å². The van der Waals surface area contributed by atoms with Gasteiger partial charge in [-0.3, -0.25) is 9.59 Å². The molecule has 7 nitrogen and oxygen atoms in total. The van der Waals surface area contributed by atoms with E-state index in [1.807, 2.05) is 6.07 Å². The van der Waals surface area contributed by atoms with Crippen LogP contribution in [0.25, 0.3) is 0 Å². The van der Waals surface area contributed by atoms with E-state index in [1.54, 1.807) is 19.2 Å². The number of carbonyl (C=O) groups excluding carboxylic acids is 1. The van der Waals surface area contributed by atoms with Crippen molar-refractivity contribution < 1.29 is 14.3 Å². The molecule has 1 aliphatic rings. The van der Waals surface area contributed by atoms with Gasteiger partial charge in [-0.05, 0) is 17.7 Å². The Kier molecular flexibility index (Phi) is 3.54. The number of nitrogens with one attached hydrogen (secondary N) is 2. The molecule has 114 valence electrons. The maximum absolute atomic E-state index is 12.1. The number of aromatic nitrogens is 2. The SMILES string of the molecule is COc1ccc(C2CC(=O)Nc3nc[nH]c(=O)c32)cc1OC. The van der Waals surface area contributed by atoms with E-state index in [1.165, 1.54) is 13.4 Å². The zero-order valence-corrected chi connectivity index (χ0v) is 12.2. The molecule has 0 saturated heterocycles. The highest BCUT2D eigenvalue weighted by Crippen LogP contribution is 2.37. The van der Waals surface area contributed by atoms with Crippen LogP contribution >= 0.6 is 0 Å². The third-order valence-electron chi connectivity index (χ3n) is 3.69. The van der Waals surface area contributed by atoms with E-state index in [4.69, 9.17) is 9.47 Å². The number of H-pyrrole nitrogens is 1. The number of ether oxygens (including phenoxy) is 2. The number of anilines is 1. The second kappa shape index (κ2) is 5.51. The van der Waals surface area contributed by atoms with Gasteiger partial charge in [0.2, 0.25) is 5.91 Å². The summed E-state index contributed by atoms with van der Waals surface area (Å²) in [6, 6.07) is 5.35. The maximum atomic E-state index is 12.1. The normalized spacial score (nSPS) is 16.6. The second-order valence-electron chi connectivity index (χ2n) is 4.91. The summed E-state index contributed by atoms with van der Waals surface area (Å²) < 4.78 is 10.5. The Morgan fingerprint density at radius 2 is 1.95 bits per heavy atom. The number of benzene rings is 1. The Morgan fingerprint density at radius 3 is 2.68 bits per heavy atom. The smallest absolute Gasteiger partial charge is 0.256 e. The zero-order chi connectivity index (χ0) is 15.7. The van der Waals surface area contributed by atoms with Crippen LogP contribution in [0.4, 0.5) is 5.82 Å². The first-order chi connectivity index (χ1) is 10.6. The summed E-state index contributed by atoms with van der Waals surface area (Å²) in [6.07, 6.45) is 1.45. The molecule has 1 amide bonds. The van der Waals surface area contributed by atoms with Crippen LogP contribution < -0.4 is 20.3 Å². The largest absolute Gasteiger partial charge is 0.493 e. The average Bonchev–Trinajstić information content (AvgIpc) is 2.53. The van der Waals surface area contributed by atoms with Gasteiger partial charge in [0.25, 0.3) is 5.56 Å². The molecule has 22 heavy (non-hydrogen) atoms. The Bertz CT molecular complexity index is 785. The van der Waals surface area contributed by atoms with Gasteiger partial charge in [0, 0.05) is 12.3 Å². The second-order valence-corrected chi connectivity index (χ2v) is 4.91. The van der Waals surface area contributed by atoms with Crippen molar-refractivity contribution in [2.75, 3.05) is 19.5 Å². The molecule has 1 unspecified atom stereocenters. The predicted octanol–water partition coefficient (Wildman–Crippen LogP) is 1.26. The standard InChI is InChI=1S/C15H15N3O4/c1-21-10-4-3-8(5-11(10)22-2)9-6-12(19)18-14-13(9)15(20)17-7-16-14/h3-5,7,9H,6H2,1-2H3,(H2,16,17,18,19,20). The molecule has 3 rings (SSSR count). The zero-order valence-electron chi connectivity index (χ0n) is 12.2. The predicted molar refractivity (Wildman–Crippen MR) is 79.5 cm³/mol. The highest BCUT2D eigenvalue weighted by Gasteiger charge is 2.30. The fourth-order valence-electron chi connectivity index (χ4n) is 2.66. The quantitative estimate of drug-likeness (QED) is 0.890. The molecule has 1 aromatic heterocycles. The molecule has 0 fully saturated rings. The van der Waals surface area contributed by atoms with Gasteiger partial charge in [-0.2, -0.15) is 0 Å². The van der Waals surface area contributed by atoms with Crippen LogP contribution in [0.1, 0.15) is 23.5 Å². The van der Waals surface area contributed by atoms with E-state index in [9.17, 15) is 9.59 Å². The van der Waals surface area contributed by atoms with Crippen LogP contribution in [-0.4, -0.2) is 30.1 Å². The third-order valence-corrected chi connectivity index (χ3v) is 3.69. The highest BCUT2D eigenvalue weighted by molar-refractivity contribution is 5.94. The van der Waals surface area contributed by atoms with Gasteiger partial charge < -0.3 is 19.8 Å². The van der Waals surface area contributed by atoms with Crippen molar-refractivity contribution in [1.82, 2.24) is 9.97 Å². The average molecular weight is 301 g/mol. The summed E-state index contributed by atoms with van der Waals surface area (Å²) >= 11 is 0. The lowest BCUT2D eigenvalue weighted by molar-refractivity contribution is -0.116. The molecule has 1 aliphatic heterocycles. The van der Waals surface area contributed by atoms with Crippen LogP contribution in [0, 0.1) is 0 Å². The van der Waals surface area contributed by atoms with E-state index in [0.29, 0.717) is 22.9 Å². The van der Waals surface area contributed by atoms with Crippen LogP contribution in [0.5, 0.6) is 11.5 Å². The molecule has 1 aromatic carbocycles. The van der Waals surface area contributed by atoms with E-state index in [2.05, 4.69) is 15.3 Å². The number of nitrogens with zero attached hydrogens (tertiary/aromatic N) is 1. The fourth-order valence-corrected chi connectivity index (χ4v) is 2.66. The summed E-state index contributed by atoms with van der Waals surface area (Å²) in [7, 11) is 3.09. The van der Waals surface area contributed by atoms with Crippen LogP contribution in [0.3, 0.4) is 0 Å². The van der Waals surface area contributed by atoms with Gasteiger partial charge in [0.05, 0.1) is 26.1 Å². The number of rotatable bonds is 3. The van der Waals surface area contributed by atoms with Crippen molar-refractivity contribution >= 4 is 11.7 Å². The number of hydrogen-bond donors (Lipinski definition) is 2. The molecule has 2 heterocycles. The number of amides is 1. The van der Waals surface area contributed by atoms with Gasteiger partial charge in [0.1, 0.15) is 5.82 Å². The number of carbonyl (C=O) groups is 1. The molecular formula is C15H15N3O4. The first-order valence-corrected chi connectivity index (χ1v) is 6.73.